The molecule has 5 nitrogen and oxygen atoms in total. The number of rotatable bonds is 6. The Morgan fingerprint density at radius 3 is 2.59 bits per heavy atom. The molecule has 0 unspecified atom stereocenters. The lowest BCUT2D eigenvalue weighted by Gasteiger charge is -2.27. The van der Waals surface area contributed by atoms with E-state index in [4.69, 9.17) is 5.84 Å². The second-order valence-electron chi connectivity index (χ2n) is 4.81. The van der Waals surface area contributed by atoms with Crippen LogP contribution in [0.15, 0.2) is 18.3 Å². The second-order valence-corrected chi connectivity index (χ2v) is 4.81. The molecule has 0 saturated carbocycles. The molecule has 0 aliphatic carbocycles. The second kappa shape index (κ2) is 5.95. The number of nitrogens with two attached hydrogens (primary N) is 1. The van der Waals surface area contributed by atoms with Gasteiger partial charge in [-0.15, -0.1) is 0 Å². The minimum Gasteiger partial charge on any atom is -0.389 e. The molecule has 1 heterocycles. The zero-order chi connectivity index (χ0) is 12.9. The topological polar surface area (TPSA) is 74.4 Å². The standard InChI is InChI=1S/C12H22N4O/c1-4-16(9-12(2,3)17)8-10-5-6-11(15-13)14-7-10/h5-7,17H,4,8-9,13H2,1-3H3,(H,14,15). The Morgan fingerprint density at radius 2 is 2.18 bits per heavy atom. The highest BCUT2D eigenvalue weighted by Crippen LogP contribution is 2.10. The van der Waals surface area contributed by atoms with Gasteiger partial charge in [0.25, 0.3) is 0 Å². The number of hydrazine groups is 1. The Morgan fingerprint density at radius 1 is 1.47 bits per heavy atom. The van der Waals surface area contributed by atoms with E-state index in [2.05, 4.69) is 22.2 Å². The predicted octanol–water partition coefficient (Wildman–Crippen LogP) is 0.960. The van der Waals surface area contributed by atoms with Crippen LogP contribution in [0.25, 0.3) is 0 Å². The van der Waals surface area contributed by atoms with Crippen LogP contribution >= 0.6 is 0 Å². The molecule has 0 aliphatic rings. The summed E-state index contributed by atoms with van der Waals surface area (Å²) in [4.78, 5) is 6.33. The van der Waals surface area contributed by atoms with E-state index < -0.39 is 5.60 Å². The van der Waals surface area contributed by atoms with Crippen molar-refractivity contribution in [1.82, 2.24) is 9.88 Å². The van der Waals surface area contributed by atoms with Crippen molar-refractivity contribution in [2.24, 2.45) is 5.84 Å². The summed E-state index contributed by atoms with van der Waals surface area (Å²) >= 11 is 0. The molecule has 0 aromatic carbocycles. The number of hydrogen-bond donors (Lipinski definition) is 3. The van der Waals surface area contributed by atoms with Crippen LogP contribution in [0.5, 0.6) is 0 Å². The van der Waals surface area contributed by atoms with Crippen molar-refractivity contribution in [3.05, 3.63) is 23.9 Å². The van der Waals surface area contributed by atoms with Crippen molar-refractivity contribution in [3.63, 3.8) is 0 Å². The number of aromatic nitrogens is 1. The Labute approximate surface area is 103 Å². The quantitative estimate of drug-likeness (QED) is 0.508. The number of anilines is 1. The number of nitrogen functional groups attached to an aromatic ring is 1. The van der Waals surface area contributed by atoms with Gasteiger partial charge < -0.3 is 10.5 Å². The third-order valence-corrected chi connectivity index (χ3v) is 2.44. The highest BCUT2D eigenvalue weighted by Gasteiger charge is 2.17. The third kappa shape index (κ3) is 5.12. The van der Waals surface area contributed by atoms with Gasteiger partial charge in [-0.3, -0.25) is 4.90 Å². The number of nitrogens with one attached hydrogen (secondary N) is 1. The summed E-state index contributed by atoms with van der Waals surface area (Å²) in [6, 6.07) is 3.82. The number of nitrogens with zero attached hydrogens (tertiary/aromatic N) is 2. The van der Waals surface area contributed by atoms with Crippen molar-refractivity contribution in [2.75, 3.05) is 18.5 Å². The summed E-state index contributed by atoms with van der Waals surface area (Å²) in [7, 11) is 0. The van der Waals surface area contributed by atoms with Gasteiger partial charge in [-0.05, 0) is 32.0 Å². The normalized spacial score (nSPS) is 11.9. The molecule has 0 aliphatic heterocycles. The van der Waals surface area contributed by atoms with Crippen LogP contribution < -0.4 is 11.3 Å². The Bertz CT molecular complexity index is 331. The lowest BCUT2D eigenvalue weighted by Crippen LogP contribution is -2.38. The van der Waals surface area contributed by atoms with E-state index in [0.717, 1.165) is 18.7 Å². The zero-order valence-corrected chi connectivity index (χ0v) is 10.8. The van der Waals surface area contributed by atoms with E-state index in [-0.39, 0.29) is 0 Å². The van der Waals surface area contributed by atoms with Crippen LogP contribution in [0.3, 0.4) is 0 Å². The van der Waals surface area contributed by atoms with Crippen LogP contribution in [0.2, 0.25) is 0 Å². The summed E-state index contributed by atoms with van der Waals surface area (Å²) < 4.78 is 0. The molecule has 0 saturated heterocycles. The van der Waals surface area contributed by atoms with Crippen molar-refractivity contribution in [2.45, 2.75) is 32.9 Å². The first kappa shape index (κ1) is 13.9. The SMILES string of the molecule is CCN(Cc1ccc(NN)nc1)CC(C)(C)O. The van der Waals surface area contributed by atoms with Gasteiger partial charge in [0.15, 0.2) is 0 Å². The van der Waals surface area contributed by atoms with E-state index in [1.807, 2.05) is 26.0 Å². The summed E-state index contributed by atoms with van der Waals surface area (Å²) in [5.74, 6) is 5.91. The number of hydrogen-bond acceptors (Lipinski definition) is 5. The Hall–Kier alpha value is -1.17. The molecular weight excluding hydrogens is 216 g/mol. The predicted molar refractivity (Wildman–Crippen MR) is 69.3 cm³/mol. The van der Waals surface area contributed by atoms with E-state index in [9.17, 15) is 5.11 Å². The molecule has 4 N–H and O–H groups in total. The largest absolute Gasteiger partial charge is 0.389 e. The van der Waals surface area contributed by atoms with Crippen LogP contribution in [0, 0.1) is 0 Å². The third-order valence-electron chi connectivity index (χ3n) is 2.44. The average Bonchev–Trinajstić information content (AvgIpc) is 2.27. The molecule has 0 fully saturated rings. The summed E-state index contributed by atoms with van der Waals surface area (Å²) in [5.41, 5.74) is 2.92. The van der Waals surface area contributed by atoms with Gasteiger partial charge in [0.05, 0.1) is 5.60 Å². The molecule has 1 aromatic heterocycles. The minimum atomic E-state index is -0.678. The molecule has 0 amide bonds. The maximum Gasteiger partial charge on any atom is 0.139 e. The van der Waals surface area contributed by atoms with Gasteiger partial charge in [-0.1, -0.05) is 13.0 Å². The zero-order valence-electron chi connectivity index (χ0n) is 10.8. The lowest BCUT2D eigenvalue weighted by atomic mass is 10.1. The van der Waals surface area contributed by atoms with Crippen molar-refractivity contribution in [3.8, 4) is 0 Å². The van der Waals surface area contributed by atoms with Gasteiger partial charge in [0.2, 0.25) is 0 Å². The molecule has 0 radical (unpaired) electrons. The van der Waals surface area contributed by atoms with Gasteiger partial charge in [-0.2, -0.15) is 0 Å². The Kier molecular flexibility index (Phi) is 4.86. The first-order chi connectivity index (χ1) is 7.94. The van der Waals surface area contributed by atoms with Crippen LogP contribution in [0.1, 0.15) is 26.3 Å². The fourth-order valence-corrected chi connectivity index (χ4v) is 1.69. The highest BCUT2D eigenvalue weighted by atomic mass is 16.3. The molecule has 17 heavy (non-hydrogen) atoms. The average molecular weight is 238 g/mol. The number of aliphatic hydroxyl groups is 1. The highest BCUT2D eigenvalue weighted by molar-refractivity contribution is 5.33. The van der Waals surface area contributed by atoms with Gasteiger partial charge in [0.1, 0.15) is 5.82 Å². The summed E-state index contributed by atoms with van der Waals surface area (Å²) in [6.07, 6.45) is 1.79. The smallest absolute Gasteiger partial charge is 0.139 e. The molecule has 1 rings (SSSR count). The molecule has 96 valence electrons. The van der Waals surface area contributed by atoms with Crippen LogP contribution in [-0.2, 0) is 6.54 Å². The Balaban J connectivity index is 2.61. The molecular formula is C12H22N4O. The first-order valence-electron chi connectivity index (χ1n) is 5.81. The van der Waals surface area contributed by atoms with Crippen LogP contribution in [-0.4, -0.2) is 33.7 Å². The van der Waals surface area contributed by atoms with Crippen LogP contribution in [0.4, 0.5) is 5.82 Å². The van der Waals surface area contributed by atoms with E-state index in [1.54, 1.807) is 6.20 Å². The first-order valence-corrected chi connectivity index (χ1v) is 5.81. The monoisotopic (exact) mass is 238 g/mol. The van der Waals surface area contributed by atoms with Gasteiger partial charge in [0, 0.05) is 19.3 Å². The molecule has 0 atom stereocenters. The van der Waals surface area contributed by atoms with Gasteiger partial charge in [-0.25, -0.2) is 10.8 Å². The lowest BCUT2D eigenvalue weighted by molar-refractivity contribution is 0.0353. The summed E-state index contributed by atoms with van der Waals surface area (Å²) in [5, 5.41) is 9.80. The van der Waals surface area contributed by atoms with Crippen molar-refractivity contribution >= 4 is 5.82 Å². The van der Waals surface area contributed by atoms with E-state index in [1.165, 1.54) is 0 Å². The maximum atomic E-state index is 9.80. The molecule has 0 bridgehead atoms. The molecule has 1 aromatic rings. The van der Waals surface area contributed by atoms with Crippen molar-refractivity contribution < 1.29 is 5.11 Å². The fraction of sp³-hybridized carbons (Fsp3) is 0.583. The summed E-state index contributed by atoms with van der Waals surface area (Å²) in [6.45, 7) is 8.01. The van der Waals surface area contributed by atoms with Gasteiger partial charge >= 0.3 is 0 Å². The molecule has 0 spiro atoms. The minimum absolute atomic E-state index is 0.639. The van der Waals surface area contributed by atoms with E-state index in [0.29, 0.717) is 12.4 Å². The number of likely N-dealkylation sites (N-methyl/N-ethyl adjacent to an activating group) is 1. The molecule has 5 heteroatoms. The van der Waals surface area contributed by atoms with E-state index >= 15 is 0 Å². The fourth-order valence-electron chi connectivity index (χ4n) is 1.69. The van der Waals surface area contributed by atoms with Crippen molar-refractivity contribution in [1.29, 1.82) is 0 Å². The maximum absolute atomic E-state index is 9.80. The number of pyridine rings is 1.